The Labute approximate surface area is 277 Å². The Morgan fingerprint density at radius 2 is 1.24 bits per heavy atom. The Morgan fingerprint density at radius 1 is 0.609 bits per heavy atom. The molecule has 5 aliphatic carbocycles. The highest BCUT2D eigenvalue weighted by Gasteiger charge is 2.47. The number of esters is 2. The molecular formula is C38H62O8. The second-order valence-corrected chi connectivity index (χ2v) is 15.6. The monoisotopic (exact) mass is 646 g/mol. The zero-order valence-electron chi connectivity index (χ0n) is 28.6. The van der Waals surface area contributed by atoms with E-state index in [9.17, 15) is 9.59 Å². The zero-order chi connectivity index (χ0) is 31.7. The van der Waals surface area contributed by atoms with E-state index in [-0.39, 0.29) is 24.0 Å². The van der Waals surface area contributed by atoms with Crippen LogP contribution in [0.3, 0.4) is 0 Å². The van der Waals surface area contributed by atoms with Crippen LogP contribution < -0.4 is 0 Å². The summed E-state index contributed by atoms with van der Waals surface area (Å²) in [6.07, 6.45) is 29.0. The first-order valence-electron chi connectivity index (χ1n) is 19.5. The number of hydrogen-bond acceptors (Lipinski definition) is 8. The molecule has 9 unspecified atom stereocenters. The molecule has 0 aromatic carbocycles. The summed E-state index contributed by atoms with van der Waals surface area (Å²) in [5.41, 5.74) is 0. The van der Waals surface area contributed by atoms with Gasteiger partial charge in [-0.2, -0.15) is 0 Å². The smallest absolute Gasteiger partial charge is 0.309 e. The van der Waals surface area contributed by atoms with E-state index < -0.39 is 0 Å². The van der Waals surface area contributed by atoms with Gasteiger partial charge in [-0.25, -0.2) is 0 Å². The van der Waals surface area contributed by atoms with Crippen LogP contribution in [0, 0.1) is 17.8 Å². The number of hydrogen-bond donors (Lipinski definition) is 0. The quantitative estimate of drug-likeness (QED) is 0.136. The van der Waals surface area contributed by atoms with Gasteiger partial charge in [0, 0.05) is 19.4 Å². The molecule has 0 spiro atoms. The number of fused-ring (bicyclic) bond motifs is 3. The number of carbonyl (C=O) groups excluding carboxylic acids is 2. The summed E-state index contributed by atoms with van der Waals surface area (Å²) in [6.45, 7) is 3.80. The third-order valence-corrected chi connectivity index (χ3v) is 11.7. The molecule has 3 saturated heterocycles. The number of carbonyl (C=O) groups is 2. The minimum absolute atomic E-state index is 0.0287. The van der Waals surface area contributed by atoms with Gasteiger partial charge in [-0.3, -0.25) is 9.59 Å². The van der Waals surface area contributed by atoms with E-state index in [1.54, 1.807) is 0 Å². The summed E-state index contributed by atoms with van der Waals surface area (Å²) in [4.78, 5) is 23.8. The maximum Gasteiger partial charge on any atom is 0.309 e. The normalized spacial score (nSPS) is 37.8. The molecule has 8 rings (SSSR count). The Morgan fingerprint density at radius 3 is 1.89 bits per heavy atom. The maximum absolute atomic E-state index is 11.9. The molecule has 8 heteroatoms. The number of unbranched alkanes of at least 4 members (excludes halogenated alkanes) is 1. The largest absolute Gasteiger partial charge is 0.465 e. The van der Waals surface area contributed by atoms with E-state index in [2.05, 4.69) is 6.92 Å². The molecule has 0 aromatic rings. The van der Waals surface area contributed by atoms with Crippen LogP contribution in [0.2, 0.25) is 0 Å². The van der Waals surface area contributed by atoms with Gasteiger partial charge in [-0.15, -0.1) is 0 Å². The molecule has 8 nitrogen and oxygen atoms in total. The van der Waals surface area contributed by atoms with Gasteiger partial charge >= 0.3 is 11.9 Å². The van der Waals surface area contributed by atoms with Crippen LogP contribution in [-0.4, -0.2) is 74.0 Å². The topological polar surface area (TPSA) is 99.4 Å². The number of epoxide rings is 3. The Balaban J connectivity index is 0.000000123. The second kappa shape index (κ2) is 17.4. The average Bonchev–Trinajstić information content (AvgIpc) is 3.97. The summed E-state index contributed by atoms with van der Waals surface area (Å²) in [5, 5.41) is 0. The lowest BCUT2D eigenvalue weighted by atomic mass is 9.87. The minimum Gasteiger partial charge on any atom is -0.465 e. The van der Waals surface area contributed by atoms with Crippen LogP contribution in [0.1, 0.15) is 148 Å². The first-order valence-corrected chi connectivity index (χ1v) is 19.5. The van der Waals surface area contributed by atoms with Crippen molar-refractivity contribution in [3.63, 3.8) is 0 Å². The fourth-order valence-corrected chi connectivity index (χ4v) is 8.53. The SMILES string of the molecule is CCCCOC1CCC2OC2C1.O=C(CC1CCC2OC2C1)OC1CCCCC1.O=C(OCC1CCCCC1)C1CCC2OC2C1. The van der Waals surface area contributed by atoms with Gasteiger partial charge in [-0.1, -0.05) is 39.0 Å². The van der Waals surface area contributed by atoms with E-state index in [4.69, 9.17) is 28.4 Å². The van der Waals surface area contributed by atoms with Gasteiger partial charge in [0.25, 0.3) is 0 Å². The van der Waals surface area contributed by atoms with Crippen LogP contribution >= 0.6 is 0 Å². The first-order chi connectivity index (χ1) is 22.5. The molecule has 9 atom stereocenters. The van der Waals surface area contributed by atoms with Gasteiger partial charge in [0.2, 0.25) is 0 Å². The summed E-state index contributed by atoms with van der Waals surface area (Å²) in [6, 6.07) is 0. The van der Waals surface area contributed by atoms with Crippen molar-refractivity contribution in [1.29, 1.82) is 0 Å². The molecule has 0 N–H and O–H groups in total. The van der Waals surface area contributed by atoms with E-state index in [1.807, 2.05) is 0 Å². The molecule has 46 heavy (non-hydrogen) atoms. The summed E-state index contributed by atoms with van der Waals surface area (Å²) in [7, 11) is 0. The fraction of sp³-hybridized carbons (Fsp3) is 0.947. The molecule has 262 valence electrons. The van der Waals surface area contributed by atoms with Gasteiger partial charge < -0.3 is 28.4 Å². The van der Waals surface area contributed by atoms with Crippen molar-refractivity contribution in [2.24, 2.45) is 17.8 Å². The Hall–Kier alpha value is -1.22. The summed E-state index contributed by atoms with van der Waals surface area (Å²) >= 11 is 0. The van der Waals surface area contributed by atoms with Crippen molar-refractivity contribution in [2.75, 3.05) is 13.2 Å². The molecule has 3 aliphatic heterocycles. The van der Waals surface area contributed by atoms with E-state index in [0.717, 1.165) is 64.4 Å². The standard InChI is InChI=1S/2C14H22O3.C10H18O2/c15-14(16-11-4-2-1-3-5-11)9-10-6-7-12-13(8-10)17-12;15-14(11-6-7-12-13(8-11)17-12)16-9-10-4-2-1-3-5-10;1-2-3-6-11-8-4-5-9-10(7-8)12-9/h2*10-13H,1-9H2;8-10H,2-7H2,1H3. The minimum atomic E-state index is 0.0287. The van der Waals surface area contributed by atoms with Crippen molar-refractivity contribution >= 4 is 11.9 Å². The van der Waals surface area contributed by atoms with Crippen molar-refractivity contribution in [3.8, 4) is 0 Å². The van der Waals surface area contributed by atoms with Crippen molar-refractivity contribution in [3.05, 3.63) is 0 Å². The van der Waals surface area contributed by atoms with Gasteiger partial charge in [0.1, 0.15) is 6.10 Å². The third-order valence-electron chi connectivity index (χ3n) is 11.7. The van der Waals surface area contributed by atoms with Crippen LogP contribution in [0.25, 0.3) is 0 Å². The molecule has 8 aliphatic rings. The lowest BCUT2D eigenvalue weighted by Gasteiger charge is -2.23. The van der Waals surface area contributed by atoms with Crippen molar-refractivity contribution in [2.45, 2.75) is 197 Å². The van der Waals surface area contributed by atoms with Crippen LogP contribution in [0.15, 0.2) is 0 Å². The molecule has 0 bridgehead atoms. The molecular weight excluding hydrogens is 584 g/mol. The summed E-state index contributed by atoms with van der Waals surface area (Å²) < 4.78 is 33.2. The number of ether oxygens (including phenoxy) is 6. The maximum atomic E-state index is 11.9. The first kappa shape index (κ1) is 34.6. The van der Waals surface area contributed by atoms with Gasteiger partial charge in [0.05, 0.1) is 55.3 Å². The molecule has 0 radical (unpaired) electrons. The predicted molar refractivity (Wildman–Crippen MR) is 174 cm³/mol. The second-order valence-electron chi connectivity index (χ2n) is 15.6. The molecule has 5 saturated carbocycles. The fourth-order valence-electron chi connectivity index (χ4n) is 8.53. The van der Waals surface area contributed by atoms with Crippen molar-refractivity contribution in [1.82, 2.24) is 0 Å². The van der Waals surface area contributed by atoms with E-state index >= 15 is 0 Å². The average molecular weight is 647 g/mol. The highest BCUT2D eigenvalue weighted by atomic mass is 16.6. The lowest BCUT2D eigenvalue weighted by molar-refractivity contribution is -0.152. The van der Waals surface area contributed by atoms with E-state index in [1.165, 1.54) is 77.0 Å². The predicted octanol–water partition coefficient (Wildman–Crippen LogP) is 7.62. The van der Waals surface area contributed by atoms with Crippen LogP contribution in [-0.2, 0) is 38.0 Å². The zero-order valence-corrected chi connectivity index (χ0v) is 28.6. The molecule has 0 aromatic heterocycles. The van der Waals surface area contributed by atoms with Crippen LogP contribution in [0.5, 0.6) is 0 Å². The molecule has 0 amide bonds. The van der Waals surface area contributed by atoms with E-state index in [0.29, 0.717) is 67.6 Å². The summed E-state index contributed by atoms with van der Waals surface area (Å²) in [5.74, 6) is 1.31. The highest BCUT2D eigenvalue weighted by Crippen LogP contribution is 2.41. The highest BCUT2D eigenvalue weighted by molar-refractivity contribution is 5.72. The molecule has 8 fully saturated rings. The Bertz CT molecular complexity index is 945. The Kier molecular flexibility index (Phi) is 13.1. The molecule has 3 heterocycles. The number of rotatable bonds is 10. The van der Waals surface area contributed by atoms with Crippen LogP contribution in [0.4, 0.5) is 0 Å². The van der Waals surface area contributed by atoms with Crippen molar-refractivity contribution < 1.29 is 38.0 Å². The third kappa shape index (κ3) is 11.2. The van der Waals surface area contributed by atoms with Gasteiger partial charge in [-0.05, 0) is 108 Å². The lowest BCUT2D eigenvalue weighted by Crippen LogP contribution is -2.26. The van der Waals surface area contributed by atoms with Gasteiger partial charge in [0.15, 0.2) is 0 Å².